The second-order valence-electron chi connectivity index (χ2n) is 8.24. The molecule has 0 N–H and O–H groups in total. The lowest BCUT2D eigenvalue weighted by Crippen LogP contribution is -2.25. The molecule has 0 fully saturated rings. The van der Waals surface area contributed by atoms with Gasteiger partial charge in [-0.2, -0.15) is 0 Å². The summed E-state index contributed by atoms with van der Waals surface area (Å²) in [6.45, 7) is 0. The molecule has 0 radical (unpaired) electrons. The number of aromatic nitrogens is 2. The molecule has 0 atom stereocenters. The van der Waals surface area contributed by atoms with Crippen molar-refractivity contribution in [2.45, 2.75) is 0 Å². The fourth-order valence-electron chi connectivity index (χ4n) is 3.00. The Kier molecular flexibility index (Phi) is 12.3. The number of rotatable bonds is 6. The van der Waals surface area contributed by atoms with Gasteiger partial charge in [-0.1, -0.05) is 72.8 Å². The van der Waals surface area contributed by atoms with E-state index in [1.165, 1.54) is 0 Å². The molecule has 4 rings (SSSR count). The van der Waals surface area contributed by atoms with E-state index in [2.05, 4.69) is 36.4 Å². The average Bonchev–Trinajstić information content (AvgIpc) is 2.92. The van der Waals surface area contributed by atoms with Crippen LogP contribution in [0, 0.1) is 0 Å². The summed E-state index contributed by atoms with van der Waals surface area (Å²) in [5.41, 5.74) is 5.89. The molecule has 0 aliphatic rings. The Morgan fingerprint density at radius 2 is 0.692 bits per heavy atom. The topological polar surface area (TPSA) is 122 Å². The van der Waals surface area contributed by atoms with Crippen molar-refractivity contribution in [1.82, 2.24) is 0 Å². The van der Waals surface area contributed by atoms with E-state index >= 15 is 0 Å². The highest BCUT2D eigenvalue weighted by atomic mass is 32.3. The lowest BCUT2D eigenvalue weighted by atomic mass is 10.1. The molecule has 200 valence electrons. The third-order valence-corrected chi connectivity index (χ3v) is 5.09. The molecular formula is C30H28N2O6S. The molecule has 2 aromatic carbocycles. The molecule has 8 nitrogen and oxygen atoms in total. The van der Waals surface area contributed by atoms with Crippen LogP contribution in [0.3, 0.4) is 0 Å². The van der Waals surface area contributed by atoms with Crippen molar-refractivity contribution in [2.75, 3.05) is 0 Å². The molecule has 2 aromatic heterocycles. The molecule has 0 spiro atoms. The largest absolute Gasteiger partial charge is 0.759 e. The summed E-state index contributed by atoms with van der Waals surface area (Å²) in [4.78, 5) is 21.0. The molecule has 9 heteroatoms. The maximum Gasteiger partial charge on any atom is 0.169 e. The van der Waals surface area contributed by atoms with Crippen molar-refractivity contribution in [3.05, 3.63) is 131 Å². The van der Waals surface area contributed by atoms with Crippen LogP contribution in [0.2, 0.25) is 0 Å². The van der Waals surface area contributed by atoms with E-state index < -0.39 is 10.4 Å². The van der Waals surface area contributed by atoms with Crippen LogP contribution in [-0.2, 0) is 24.5 Å². The van der Waals surface area contributed by atoms with Crippen molar-refractivity contribution in [3.8, 4) is 0 Å². The lowest BCUT2D eigenvalue weighted by Gasteiger charge is -2.06. The molecule has 0 saturated carbocycles. The maximum atomic E-state index is 10.5. The zero-order valence-electron chi connectivity index (χ0n) is 21.5. The summed E-state index contributed by atoms with van der Waals surface area (Å²) in [5.74, 6) is 0. The number of carbonyl (C=O) groups is 2. The van der Waals surface area contributed by atoms with E-state index in [0.717, 1.165) is 34.8 Å². The minimum absolute atomic E-state index is 0.703. The van der Waals surface area contributed by atoms with Crippen LogP contribution >= 0.6 is 0 Å². The van der Waals surface area contributed by atoms with Gasteiger partial charge in [0.1, 0.15) is 26.7 Å². The molecule has 39 heavy (non-hydrogen) atoms. The van der Waals surface area contributed by atoms with Gasteiger partial charge in [-0.3, -0.25) is 18.0 Å². The van der Waals surface area contributed by atoms with Gasteiger partial charge in [0, 0.05) is 45.8 Å². The molecule has 0 amide bonds. The van der Waals surface area contributed by atoms with E-state index in [1.807, 2.05) is 109 Å². The number of aldehydes is 2. The highest BCUT2D eigenvalue weighted by molar-refractivity contribution is 7.79. The Labute approximate surface area is 228 Å². The molecular weight excluding hydrogens is 516 g/mol. The summed E-state index contributed by atoms with van der Waals surface area (Å²) in [6.07, 6.45) is 17.9. The second-order valence-corrected chi connectivity index (χ2v) is 9.05. The Morgan fingerprint density at radius 3 is 0.923 bits per heavy atom. The highest BCUT2D eigenvalue weighted by Crippen LogP contribution is 2.09. The third kappa shape index (κ3) is 13.5. The lowest BCUT2D eigenvalue weighted by molar-refractivity contribution is -0.671. The highest BCUT2D eigenvalue weighted by Gasteiger charge is 1.94. The van der Waals surface area contributed by atoms with Gasteiger partial charge in [-0.25, -0.2) is 9.13 Å². The molecule has 0 aliphatic carbocycles. The smallest absolute Gasteiger partial charge is 0.169 e. The predicted molar refractivity (Wildman–Crippen MR) is 147 cm³/mol. The van der Waals surface area contributed by atoms with Crippen molar-refractivity contribution in [2.24, 2.45) is 14.1 Å². The SMILES string of the molecule is C[n+]1ccc(C=Cc2ccc(C=O)cc2)cc1.C[n+]1ccc(C=Cc2ccc(C=O)cc2)cc1.O=S(=O)([O-])[O-]. The first-order chi connectivity index (χ1) is 18.6. The Hall–Kier alpha value is -4.57. The van der Waals surface area contributed by atoms with E-state index in [0.29, 0.717) is 11.1 Å². The van der Waals surface area contributed by atoms with Gasteiger partial charge in [-0.05, 0) is 22.3 Å². The van der Waals surface area contributed by atoms with Crippen molar-refractivity contribution in [1.29, 1.82) is 0 Å². The van der Waals surface area contributed by atoms with Crippen LogP contribution in [0.5, 0.6) is 0 Å². The fourth-order valence-corrected chi connectivity index (χ4v) is 3.00. The molecule has 0 bridgehead atoms. The van der Waals surface area contributed by atoms with Gasteiger partial charge < -0.3 is 9.11 Å². The van der Waals surface area contributed by atoms with Gasteiger partial charge in [-0.15, -0.1) is 0 Å². The number of nitrogens with zero attached hydrogens (tertiary/aromatic N) is 2. The Morgan fingerprint density at radius 1 is 0.487 bits per heavy atom. The zero-order valence-corrected chi connectivity index (χ0v) is 22.3. The average molecular weight is 545 g/mol. The van der Waals surface area contributed by atoms with Crippen molar-refractivity contribution >= 4 is 47.3 Å². The van der Waals surface area contributed by atoms with Crippen LogP contribution in [0.4, 0.5) is 0 Å². The quantitative estimate of drug-likeness (QED) is 0.158. The first-order valence-corrected chi connectivity index (χ1v) is 12.9. The summed E-state index contributed by atoms with van der Waals surface area (Å²) < 4.78 is 38.1. The normalized spacial score (nSPS) is 10.8. The van der Waals surface area contributed by atoms with E-state index in [-0.39, 0.29) is 0 Å². The summed E-state index contributed by atoms with van der Waals surface area (Å²) in [5, 5.41) is 0. The van der Waals surface area contributed by atoms with Gasteiger partial charge in [0.25, 0.3) is 0 Å². The molecule has 0 aliphatic heterocycles. The van der Waals surface area contributed by atoms with Crippen LogP contribution < -0.4 is 9.13 Å². The number of pyridine rings is 2. The van der Waals surface area contributed by atoms with Crippen LogP contribution in [0.15, 0.2) is 97.6 Å². The van der Waals surface area contributed by atoms with Crippen LogP contribution in [0.1, 0.15) is 43.0 Å². The van der Waals surface area contributed by atoms with Gasteiger partial charge in [0.2, 0.25) is 0 Å². The number of benzene rings is 2. The van der Waals surface area contributed by atoms with Crippen molar-refractivity contribution < 1.29 is 36.2 Å². The molecule has 2 heterocycles. The first-order valence-electron chi connectivity index (χ1n) is 11.6. The molecule has 0 saturated heterocycles. The Balaban J connectivity index is 0.000000234. The van der Waals surface area contributed by atoms with Gasteiger partial charge in [0.05, 0.1) is 0 Å². The van der Waals surface area contributed by atoms with E-state index in [9.17, 15) is 9.59 Å². The predicted octanol–water partition coefficient (Wildman–Crippen LogP) is 3.65. The minimum atomic E-state index is -5.17. The third-order valence-electron chi connectivity index (χ3n) is 5.09. The summed E-state index contributed by atoms with van der Waals surface area (Å²) in [7, 11) is -1.18. The second kappa shape index (κ2) is 15.6. The Bertz CT molecular complexity index is 1380. The molecule has 0 unspecified atom stereocenters. The first kappa shape index (κ1) is 30.7. The number of carbonyl (C=O) groups excluding carboxylic acids is 2. The van der Waals surface area contributed by atoms with Crippen molar-refractivity contribution in [3.63, 3.8) is 0 Å². The fraction of sp³-hybridized carbons (Fsp3) is 0.0667. The van der Waals surface area contributed by atoms with E-state index in [1.54, 1.807) is 0 Å². The van der Waals surface area contributed by atoms with Crippen LogP contribution in [0.25, 0.3) is 24.3 Å². The maximum absolute atomic E-state index is 10.5. The number of hydrogen-bond acceptors (Lipinski definition) is 6. The number of aryl methyl sites for hydroxylation is 2. The van der Waals surface area contributed by atoms with Gasteiger partial charge in [0.15, 0.2) is 24.8 Å². The zero-order chi connectivity index (χ0) is 28.7. The van der Waals surface area contributed by atoms with Gasteiger partial charge >= 0.3 is 0 Å². The monoisotopic (exact) mass is 544 g/mol. The minimum Gasteiger partial charge on any atom is -0.759 e. The standard InChI is InChI=1S/2C15H14NO.H2O4S/c2*1-16-10-8-14(9-11-16)3-2-13-4-6-15(12-17)7-5-13;1-5(2,3)4/h2*2-12H,1H3;(H2,1,2,3,4)/q2*+1;/p-2. The molecule has 4 aromatic rings. The summed E-state index contributed by atoms with van der Waals surface area (Å²) >= 11 is 0. The van der Waals surface area contributed by atoms with Crippen LogP contribution in [-0.4, -0.2) is 30.1 Å². The van der Waals surface area contributed by atoms with E-state index in [4.69, 9.17) is 17.5 Å². The number of hydrogen-bond donors (Lipinski definition) is 0. The summed E-state index contributed by atoms with van der Waals surface area (Å²) in [6, 6.07) is 23.2.